The fourth-order valence-electron chi connectivity index (χ4n) is 7.98. The number of carbonyl (C=O) groups is 2. The molecule has 2 unspecified atom stereocenters. The largest absolute Gasteiger partial charge is 0.463 e. The highest BCUT2D eigenvalue weighted by atomic mass is 32.1. The number of hydrogen-bond donors (Lipinski definition) is 1. The Morgan fingerprint density at radius 1 is 0.424 bits per heavy atom. The molecule has 0 aromatic heterocycles. The second-order valence-electron chi connectivity index (χ2n) is 17.9. The number of thiocarbonyl (C=S) groups is 1. The maximum atomic E-state index is 13.0. The highest BCUT2D eigenvalue weighted by Gasteiger charge is 2.28. The van der Waals surface area contributed by atoms with Gasteiger partial charge in [-0.1, -0.05) is 251 Å². The molecule has 0 aliphatic rings. The lowest BCUT2D eigenvalue weighted by molar-refractivity contribution is -0.156. The summed E-state index contributed by atoms with van der Waals surface area (Å²) in [5.41, 5.74) is 0. The van der Waals surface area contributed by atoms with Crippen LogP contribution in [0.15, 0.2) is 12.2 Å². The van der Waals surface area contributed by atoms with Gasteiger partial charge in [0.05, 0.1) is 0 Å². The third-order valence-electron chi connectivity index (χ3n) is 12.0. The molecule has 0 aliphatic carbocycles. The van der Waals surface area contributed by atoms with Gasteiger partial charge in [0.1, 0.15) is 12.7 Å². The molecular formula is C53H100O5S. The lowest BCUT2D eigenvalue weighted by Gasteiger charge is -2.24. The van der Waals surface area contributed by atoms with Crippen molar-refractivity contribution in [3.63, 3.8) is 0 Å². The number of rotatable bonds is 48. The van der Waals surface area contributed by atoms with Gasteiger partial charge < -0.3 is 14.6 Å². The van der Waals surface area contributed by atoms with Gasteiger partial charge in [0.2, 0.25) is 0 Å². The van der Waals surface area contributed by atoms with E-state index in [1.165, 1.54) is 193 Å². The second kappa shape index (κ2) is 47.8. The summed E-state index contributed by atoms with van der Waals surface area (Å²) >= 11 is 5.77. The zero-order valence-electron chi connectivity index (χ0n) is 39.7. The Morgan fingerprint density at radius 3 is 1.07 bits per heavy atom. The average Bonchev–Trinajstić information content (AvgIpc) is 3.23. The van der Waals surface area contributed by atoms with E-state index in [2.05, 4.69) is 32.9 Å². The van der Waals surface area contributed by atoms with Crippen LogP contribution in [0.25, 0.3) is 0 Å². The minimum absolute atomic E-state index is 0.193. The molecular weight excluding hydrogens is 749 g/mol. The summed E-state index contributed by atoms with van der Waals surface area (Å²) in [6.07, 6.45) is 52.5. The molecule has 0 radical (unpaired) electrons. The summed E-state index contributed by atoms with van der Waals surface area (Å²) in [5, 5.41) is 11.1. The predicted octanol–water partition coefficient (Wildman–Crippen LogP) is 17.2. The van der Waals surface area contributed by atoms with Crippen LogP contribution in [0.3, 0.4) is 0 Å². The first kappa shape index (κ1) is 57.7. The number of unbranched alkanes of at least 4 members (excludes halogenated alkanes) is 35. The average molecular weight is 849 g/mol. The smallest absolute Gasteiger partial charge is 0.306 e. The molecule has 0 aromatic carbocycles. The standard InChI is InChI=1S/C53H100O5S/c1-4-7-10-13-16-19-22-25-26-29-32-35-38-41-44-47-52(56)58-53(50(59)45-42-39-36-33-30-27-23-20-17-14-11-8-5-2)49(54)48-57-51(55)46-43-40-37-34-31-28-24-21-18-15-12-9-6-3/h25-26,49,53-54H,4-24,27-48H2,1-3H3. The Bertz CT molecular complexity index is 935. The van der Waals surface area contributed by atoms with Gasteiger partial charge in [-0.2, -0.15) is 0 Å². The van der Waals surface area contributed by atoms with E-state index in [9.17, 15) is 14.7 Å². The summed E-state index contributed by atoms with van der Waals surface area (Å²) < 4.78 is 11.3. The van der Waals surface area contributed by atoms with Crippen LogP contribution < -0.4 is 0 Å². The Kier molecular flexibility index (Phi) is 46.7. The van der Waals surface area contributed by atoms with Crippen LogP contribution >= 0.6 is 12.2 Å². The Hall–Kier alpha value is -1.27. The molecule has 2 atom stereocenters. The van der Waals surface area contributed by atoms with Gasteiger partial charge in [0.25, 0.3) is 0 Å². The summed E-state index contributed by atoms with van der Waals surface area (Å²) in [6, 6.07) is 0. The number of aliphatic hydroxyl groups is 1. The van der Waals surface area contributed by atoms with Crippen LogP contribution in [0.5, 0.6) is 0 Å². The highest BCUT2D eigenvalue weighted by molar-refractivity contribution is 7.80. The quantitative estimate of drug-likeness (QED) is 0.0285. The van der Waals surface area contributed by atoms with Crippen molar-refractivity contribution in [3.05, 3.63) is 12.2 Å². The molecule has 59 heavy (non-hydrogen) atoms. The van der Waals surface area contributed by atoms with Crippen molar-refractivity contribution in [1.82, 2.24) is 0 Å². The Morgan fingerprint density at radius 2 is 0.712 bits per heavy atom. The first-order chi connectivity index (χ1) is 29.0. The van der Waals surface area contributed by atoms with Gasteiger partial charge in [0, 0.05) is 17.7 Å². The lowest BCUT2D eigenvalue weighted by atomic mass is 10.0. The molecule has 0 saturated heterocycles. The van der Waals surface area contributed by atoms with E-state index < -0.39 is 12.2 Å². The van der Waals surface area contributed by atoms with E-state index in [0.29, 0.717) is 24.1 Å². The SMILES string of the molecule is CCCCCCCCC=CCCCCCCCC(=O)OC(C(=S)CCCCCCCCCCCCCCC)C(O)COC(=O)CCCCCCCCCCCCCCC. The first-order valence-electron chi connectivity index (χ1n) is 26.2. The van der Waals surface area contributed by atoms with Gasteiger partial charge in [-0.15, -0.1) is 0 Å². The maximum Gasteiger partial charge on any atom is 0.306 e. The molecule has 0 bridgehead atoms. The minimum Gasteiger partial charge on any atom is -0.463 e. The molecule has 0 amide bonds. The van der Waals surface area contributed by atoms with E-state index in [1.54, 1.807) is 0 Å². The molecule has 0 fully saturated rings. The molecule has 0 aromatic rings. The van der Waals surface area contributed by atoms with Crippen molar-refractivity contribution >= 4 is 29.0 Å². The summed E-state index contributed by atoms with van der Waals surface area (Å²) in [7, 11) is 0. The van der Waals surface area contributed by atoms with E-state index in [4.69, 9.17) is 21.7 Å². The van der Waals surface area contributed by atoms with Crippen molar-refractivity contribution in [2.24, 2.45) is 0 Å². The fourth-order valence-corrected chi connectivity index (χ4v) is 8.33. The third kappa shape index (κ3) is 43.2. The van der Waals surface area contributed by atoms with Gasteiger partial charge in [0.15, 0.2) is 6.10 Å². The van der Waals surface area contributed by atoms with Crippen LogP contribution in [-0.2, 0) is 19.1 Å². The number of allylic oxidation sites excluding steroid dienone is 2. The molecule has 0 heterocycles. The minimum atomic E-state index is -1.14. The molecule has 348 valence electrons. The van der Waals surface area contributed by atoms with Crippen molar-refractivity contribution < 1.29 is 24.2 Å². The second-order valence-corrected chi connectivity index (χ2v) is 18.5. The predicted molar refractivity (Wildman–Crippen MR) is 260 cm³/mol. The van der Waals surface area contributed by atoms with Crippen molar-refractivity contribution in [3.8, 4) is 0 Å². The molecule has 1 N–H and O–H groups in total. The van der Waals surface area contributed by atoms with Crippen LogP contribution in [0.4, 0.5) is 0 Å². The summed E-state index contributed by atoms with van der Waals surface area (Å²) in [6.45, 7) is 6.61. The van der Waals surface area contributed by atoms with Crippen LogP contribution in [0.1, 0.15) is 290 Å². The van der Waals surface area contributed by atoms with Gasteiger partial charge in [-0.05, 0) is 51.4 Å². The van der Waals surface area contributed by atoms with E-state index in [1.807, 2.05) is 0 Å². The maximum absolute atomic E-state index is 13.0. The number of aliphatic hydroxyl groups excluding tert-OH is 1. The molecule has 5 nitrogen and oxygen atoms in total. The number of ether oxygens (including phenoxy) is 2. The van der Waals surface area contributed by atoms with E-state index in [-0.39, 0.29) is 18.5 Å². The first-order valence-corrected chi connectivity index (χ1v) is 26.6. The normalized spacial score (nSPS) is 12.6. The van der Waals surface area contributed by atoms with Crippen LogP contribution in [-0.4, -0.2) is 40.7 Å². The lowest BCUT2D eigenvalue weighted by Crippen LogP contribution is -2.40. The summed E-state index contributed by atoms with van der Waals surface area (Å²) in [5.74, 6) is -0.620. The van der Waals surface area contributed by atoms with Crippen LogP contribution in [0.2, 0.25) is 0 Å². The zero-order chi connectivity index (χ0) is 43.1. The molecule has 6 heteroatoms. The van der Waals surface area contributed by atoms with Gasteiger partial charge in [-0.25, -0.2) is 0 Å². The highest BCUT2D eigenvalue weighted by Crippen LogP contribution is 2.18. The molecule has 0 saturated carbocycles. The zero-order valence-corrected chi connectivity index (χ0v) is 40.5. The van der Waals surface area contributed by atoms with Crippen molar-refractivity contribution in [2.75, 3.05) is 6.61 Å². The van der Waals surface area contributed by atoms with Crippen molar-refractivity contribution in [2.45, 2.75) is 303 Å². The summed E-state index contributed by atoms with van der Waals surface area (Å²) in [4.78, 5) is 26.1. The van der Waals surface area contributed by atoms with Crippen LogP contribution in [0, 0.1) is 0 Å². The number of hydrogen-bond acceptors (Lipinski definition) is 6. The van der Waals surface area contributed by atoms with Gasteiger partial charge in [-0.3, -0.25) is 9.59 Å². The van der Waals surface area contributed by atoms with Crippen molar-refractivity contribution in [1.29, 1.82) is 0 Å². The van der Waals surface area contributed by atoms with E-state index in [0.717, 1.165) is 57.8 Å². The van der Waals surface area contributed by atoms with E-state index >= 15 is 0 Å². The Labute approximate surface area is 373 Å². The molecule has 0 aliphatic heterocycles. The number of esters is 2. The van der Waals surface area contributed by atoms with Gasteiger partial charge >= 0.3 is 11.9 Å². The number of carbonyl (C=O) groups excluding carboxylic acids is 2. The monoisotopic (exact) mass is 849 g/mol. The third-order valence-corrected chi connectivity index (χ3v) is 12.4. The molecule has 0 rings (SSSR count). The Balaban J connectivity index is 4.47. The topological polar surface area (TPSA) is 72.8 Å². The molecule has 0 spiro atoms. The fraction of sp³-hybridized carbons (Fsp3) is 0.906.